The molecule has 5 nitrogen and oxygen atoms in total. The van der Waals surface area contributed by atoms with Gasteiger partial charge in [-0.15, -0.1) is 15.8 Å². The molecular formula is C6H9N5S2. The van der Waals surface area contributed by atoms with Gasteiger partial charge >= 0.3 is 0 Å². The fourth-order valence-corrected chi connectivity index (χ4v) is 2.47. The number of nitrogens with two attached hydrogens (primary N) is 1. The van der Waals surface area contributed by atoms with Crippen molar-refractivity contribution in [2.24, 2.45) is 10.7 Å². The largest absolute Gasteiger partial charge is 0.295 e. The highest BCUT2D eigenvalue weighted by atomic mass is 32.2. The van der Waals surface area contributed by atoms with Crippen LogP contribution in [0.15, 0.2) is 20.9 Å². The van der Waals surface area contributed by atoms with E-state index in [2.05, 4.69) is 15.4 Å². The van der Waals surface area contributed by atoms with Crippen LogP contribution in [0.25, 0.3) is 0 Å². The first kappa shape index (κ1) is 8.95. The summed E-state index contributed by atoms with van der Waals surface area (Å²) in [6, 6.07) is 0. The van der Waals surface area contributed by atoms with E-state index in [4.69, 9.17) is 5.73 Å². The van der Waals surface area contributed by atoms with E-state index < -0.39 is 0 Å². The number of hydrazine groups is 1. The maximum atomic E-state index is 5.72. The Morgan fingerprint density at radius 1 is 1.77 bits per heavy atom. The van der Waals surface area contributed by atoms with Gasteiger partial charge in [0.15, 0.2) is 10.6 Å². The molecule has 13 heavy (non-hydrogen) atoms. The minimum atomic E-state index is -0.325. The molecule has 1 atom stereocenters. The molecule has 1 unspecified atom stereocenters. The van der Waals surface area contributed by atoms with Gasteiger partial charge in [-0.2, -0.15) is 0 Å². The van der Waals surface area contributed by atoms with E-state index in [0.717, 1.165) is 10.2 Å². The van der Waals surface area contributed by atoms with Gasteiger partial charge in [0.05, 0.1) is 0 Å². The monoisotopic (exact) mass is 215 g/mol. The van der Waals surface area contributed by atoms with Crippen LogP contribution < -0.4 is 11.2 Å². The summed E-state index contributed by atoms with van der Waals surface area (Å²) >= 11 is 3.04. The smallest absolute Gasteiger partial charge is 0.182 e. The third kappa shape index (κ3) is 1.99. The molecule has 0 fully saturated rings. The van der Waals surface area contributed by atoms with Crippen molar-refractivity contribution in [1.82, 2.24) is 14.8 Å². The molecule has 0 saturated heterocycles. The second-order valence-corrected chi connectivity index (χ2v) is 4.57. The van der Waals surface area contributed by atoms with E-state index in [9.17, 15) is 0 Å². The molecule has 0 saturated carbocycles. The molecule has 7 heteroatoms. The van der Waals surface area contributed by atoms with Crippen LogP contribution in [-0.4, -0.2) is 21.5 Å². The first-order valence-corrected chi connectivity index (χ1v) is 5.34. The summed E-state index contributed by atoms with van der Waals surface area (Å²) in [5.74, 6) is 0.830. The number of aromatic nitrogens is 1. The van der Waals surface area contributed by atoms with Gasteiger partial charge in [-0.25, -0.2) is 9.98 Å². The minimum Gasteiger partial charge on any atom is -0.295 e. The number of nitrogens with zero attached hydrogens (tertiary/aromatic N) is 3. The number of aliphatic imine (C=N–C) groups is 1. The standard InChI is InChI=1S/C6H9N5S2/c1-4-9-5(7)11(10-4)13-6-8-2-3-12-6/h2-3,5H,7H2,1H3,(H,9,10). The Morgan fingerprint density at radius 3 is 3.15 bits per heavy atom. The van der Waals surface area contributed by atoms with Gasteiger partial charge in [-0.3, -0.25) is 11.2 Å². The average molecular weight is 215 g/mol. The molecule has 2 heterocycles. The summed E-state index contributed by atoms with van der Waals surface area (Å²) < 4.78 is 2.72. The van der Waals surface area contributed by atoms with Crippen LogP contribution in [0.1, 0.15) is 6.92 Å². The van der Waals surface area contributed by atoms with Crippen molar-refractivity contribution in [3.05, 3.63) is 11.6 Å². The summed E-state index contributed by atoms with van der Waals surface area (Å²) in [6.07, 6.45) is 1.44. The van der Waals surface area contributed by atoms with Crippen LogP contribution in [0, 0.1) is 0 Å². The molecule has 1 aromatic rings. The van der Waals surface area contributed by atoms with Crippen LogP contribution in [0.3, 0.4) is 0 Å². The predicted octanol–water partition coefficient (Wildman–Crippen LogP) is 0.631. The predicted molar refractivity (Wildman–Crippen MR) is 54.0 cm³/mol. The van der Waals surface area contributed by atoms with Gasteiger partial charge in [0.1, 0.15) is 5.84 Å². The molecule has 0 radical (unpaired) electrons. The molecule has 3 N–H and O–H groups in total. The van der Waals surface area contributed by atoms with E-state index in [1.54, 1.807) is 21.9 Å². The van der Waals surface area contributed by atoms with Gasteiger partial charge in [-0.1, -0.05) is 0 Å². The highest BCUT2D eigenvalue weighted by Gasteiger charge is 2.22. The van der Waals surface area contributed by atoms with Crippen molar-refractivity contribution in [3.8, 4) is 0 Å². The molecule has 0 amide bonds. The zero-order chi connectivity index (χ0) is 9.26. The van der Waals surface area contributed by atoms with Gasteiger partial charge < -0.3 is 0 Å². The van der Waals surface area contributed by atoms with Gasteiger partial charge in [0.2, 0.25) is 0 Å². The zero-order valence-electron chi connectivity index (χ0n) is 6.97. The molecule has 1 aliphatic heterocycles. The van der Waals surface area contributed by atoms with E-state index in [1.165, 1.54) is 11.9 Å². The lowest BCUT2D eigenvalue weighted by Crippen LogP contribution is -2.39. The van der Waals surface area contributed by atoms with Crippen LogP contribution in [0.4, 0.5) is 0 Å². The van der Waals surface area contributed by atoms with Crippen molar-refractivity contribution in [2.75, 3.05) is 0 Å². The van der Waals surface area contributed by atoms with E-state index in [-0.39, 0.29) is 6.29 Å². The average Bonchev–Trinajstić information content (AvgIpc) is 2.63. The quantitative estimate of drug-likeness (QED) is 0.708. The van der Waals surface area contributed by atoms with Crippen LogP contribution >= 0.6 is 23.3 Å². The second kappa shape index (κ2) is 3.62. The summed E-state index contributed by atoms with van der Waals surface area (Å²) in [5, 5.41) is 1.93. The first-order valence-electron chi connectivity index (χ1n) is 3.69. The maximum absolute atomic E-state index is 5.72. The van der Waals surface area contributed by atoms with E-state index >= 15 is 0 Å². The number of hydrogen-bond acceptors (Lipinski definition) is 7. The molecule has 0 bridgehead atoms. The van der Waals surface area contributed by atoms with Crippen molar-refractivity contribution in [2.45, 2.75) is 17.6 Å². The van der Waals surface area contributed by atoms with Crippen molar-refractivity contribution >= 4 is 29.1 Å². The Kier molecular flexibility index (Phi) is 2.49. The number of hydrogen-bond donors (Lipinski definition) is 2. The van der Waals surface area contributed by atoms with Crippen molar-refractivity contribution < 1.29 is 0 Å². The number of rotatable bonds is 2. The van der Waals surface area contributed by atoms with Gasteiger partial charge in [0, 0.05) is 23.5 Å². The Balaban J connectivity index is 1.98. The Labute approximate surface area is 84.2 Å². The third-order valence-electron chi connectivity index (χ3n) is 1.42. The number of amidine groups is 1. The van der Waals surface area contributed by atoms with E-state index in [0.29, 0.717) is 0 Å². The number of thiazole rings is 1. The molecule has 1 aromatic heterocycles. The third-order valence-corrected chi connectivity index (χ3v) is 3.27. The summed E-state index contributed by atoms with van der Waals surface area (Å²) in [4.78, 5) is 8.25. The first-order chi connectivity index (χ1) is 6.25. The van der Waals surface area contributed by atoms with Crippen LogP contribution in [0.5, 0.6) is 0 Å². The second-order valence-electron chi connectivity index (χ2n) is 2.46. The minimum absolute atomic E-state index is 0.325. The molecule has 0 aliphatic carbocycles. The molecule has 2 rings (SSSR count). The molecular weight excluding hydrogens is 206 g/mol. The number of nitrogens with one attached hydrogen (secondary N) is 1. The summed E-state index contributed by atoms with van der Waals surface area (Å²) in [5.41, 5.74) is 8.75. The lowest BCUT2D eigenvalue weighted by Gasteiger charge is -2.16. The normalized spacial score (nSPS) is 22.9. The van der Waals surface area contributed by atoms with Gasteiger partial charge in [0.25, 0.3) is 0 Å². The SMILES string of the molecule is CC1=NC(N)N(Sc2nccs2)N1. The van der Waals surface area contributed by atoms with Crippen LogP contribution in [-0.2, 0) is 0 Å². The van der Waals surface area contributed by atoms with Crippen molar-refractivity contribution in [3.63, 3.8) is 0 Å². The van der Waals surface area contributed by atoms with Crippen LogP contribution in [0.2, 0.25) is 0 Å². The van der Waals surface area contributed by atoms with E-state index in [1.807, 2.05) is 12.3 Å². The summed E-state index contributed by atoms with van der Waals surface area (Å²) in [6.45, 7) is 1.88. The lowest BCUT2D eigenvalue weighted by atomic mass is 10.7. The highest BCUT2D eigenvalue weighted by Crippen LogP contribution is 2.25. The fraction of sp³-hybridized carbons (Fsp3) is 0.333. The highest BCUT2D eigenvalue weighted by molar-refractivity contribution is 7.98. The molecule has 0 spiro atoms. The Morgan fingerprint density at radius 2 is 2.62 bits per heavy atom. The fourth-order valence-electron chi connectivity index (χ4n) is 0.922. The molecule has 0 aromatic carbocycles. The Bertz CT molecular complexity index is 309. The molecule has 70 valence electrons. The topological polar surface area (TPSA) is 66.5 Å². The maximum Gasteiger partial charge on any atom is 0.182 e. The van der Waals surface area contributed by atoms with Gasteiger partial charge in [-0.05, 0) is 6.92 Å². The Hall–Kier alpha value is -0.630. The summed E-state index contributed by atoms with van der Waals surface area (Å²) in [7, 11) is 0. The van der Waals surface area contributed by atoms with Crippen molar-refractivity contribution in [1.29, 1.82) is 0 Å². The zero-order valence-corrected chi connectivity index (χ0v) is 8.60. The lowest BCUT2D eigenvalue weighted by molar-refractivity contribution is 0.368. The molecule has 1 aliphatic rings.